The number of rotatable bonds is 5. The smallest absolute Gasteiger partial charge is 0.133 e. The molecule has 1 rings (SSSR count). The molecule has 90 valence electrons. The molecule has 0 aromatic carbocycles. The third-order valence-electron chi connectivity index (χ3n) is 2.50. The van der Waals surface area contributed by atoms with Gasteiger partial charge in [0.1, 0.15) is 18.0 Å². The van der Waals surface area contributed by atoms with Crippen LogP contribution in [0, 0.1) is 0 Å². The highest BCUT2D eigenvalue weighted by Crippen LogP contribution is 2.12. The van der Waals surface area contributed by atoms with Gasteiger partial charge in [-0.3, -0.25) is 0 Å². The van der Waals surface area contributed by atoms with Crippen molar-refractivity contribution in [3.05, 3.63) is 12.4 Å². The molecule has 0 spiro atoms. The van der Waals surface area contributed by atoms with E-state index >= 15 is 0 Å². The summed E-state index contributed by atoms with van der Waals surface area (Å²) in [5, 5.41) is 6.52. The van der Waals surface area contributed by atoms with Crippen molar-refractivity contribution in [1.82, 2.24) is 15.3 Å². The van der Waals surface area contributed by atoms with Gasteiger partial charge in [0, 0.05) is 32.2 Å². The Morgan fingerprint density at radius 1 is 1.31 bits per heavy atom. The van der Waals surface area contributed by atoms with Crippen molar-refractivity contribution in [1.29, 1.82) is 0 Å². The van der Waals surface area contributed by atoms with Crippen LogP contribution in [0.15, 0.2) is 12.4 Å². The van der Waals surface area contributed by atoms with Crippen LogP contribution in [0.5, 0.6) is 0 Å². The summed E-state index contributed by atoms with van der Waals surface area (Å²) in [6, 6.07) is 1.94. The fraction of sp³-hybridized carbons (Fsp3) is 0.636. The molecule has 2 N–H and O–H groups in total. The molecule has 5 heteroatoms. The highest BCUT2D eigenvalue weighted by Gasteiger charge is 2.14. The van der Waals surface area contributed by atoms with E-state index in [0.29, 0.717) is 0 Å². The van der Waals surface area contributed by atoms with Gasteiger partial charge >= 0.3 is 0 Å². The van der Waals surface area contributed by atoms with Gasteiger partial charge in [0.25, 0.3) is 0 Å². The number of hydrogen-bond donors (Lipinski definition) is 2. The molecule has 1 aromatic heterocycles. The van der Waals surface area contributed by atoms with Crippen molar-refractivity contribution in [3.63, 3.8) is 0 Å². The van der Waals surface area contributed by atoms with Crippen LogP contribution in [0.25, 0.3) is 0 Å². The van der Waals surface area contributed by atoms with Crippen LogP contribution in [-0.2, 0) is 0 Å². The zero-order valence-electron chi connectivity index (χ0n) is 10.7. The minimum Gasteiger partial charge on any atom is -0.368 e. The molecule has 1 heterocycles. The Morgan fingerprint density at radius 2 is 2.00 bits per heavy atom. The predicted molar refractivity (Wildman–Crippen MR) is 68.0 cm³/mol. The Kier molecular flexibility index (Phi) is 4.06. The van der Waals surface area contributed by atoms with Crippen LogP contribution >= 0.6 is 0 Å². The van der Waals surface area contributed by atoms with Gasteiger partial charge in [-0.2, -0.15) is 0 Å². The first-order chi connectivity index (χ1) is 7.44. The molecule has 0 aliphatic heterocycles. The second-order valence-electron chi connectivity index (χ2n) is 4.64. The van der Waals surface area contributed by atoms with E-state index < -0.39 is 0 Å². The first kappa shape index (κ1) is 12.7. The van der Waals surface area contributed by atoms with Crippen LogP contribution in [0.1, 0.15) is 13.8 Å². The Morgan fingerprint density at radius 3 is 2.56 bits per heavy atom. The second-order valence-corrected chi connectivity index (χ2v) is 4.64. The fourth-order valence-electron chi connectivity index (χ4n) is 1.09. The minimum absolute atomic E-state index is 0.0449. The topological polar surface area (TPSA) is 53.1 Å². The molecule has 16 heavy (non-hydrogen) atoms. The lowest BCUT2D eigenvalue weighted by Gasteiger charge is -2.24. The first-order valence-corrected chi connectivity index (χ1v) is 5.37. The van der Waals surface area contributed by atoms with E-state index in [9.17, 15) is 0 Å². The zero-order valence-corrected chi connectivity index (χ0v) is 10.7. The lowest BCUT2D eigenvalue weighted by atomic mass is 10.1. The number of nitrogens with one attached hydrogen (secondary N) is 2. The SMILES string of the molecule is CNC(C)(C)CNc1cc(N(C)C)ncn1. The van der Waals surface area contributed by atoms with Gasteiger partial charge in [-0.1, -0.05) is 0 Å². The maximum absolute atomic E-state index is 4.18. The molecule has 0 unspecified atom stereocenters. The third-order valence-corrected chi connectivity index (χ3v) is 2.50. The zero-order chi connectivity index (χ0) is 12.2. The van der Waals surface area contributed by atoms with E-state index in [1.54, 1.807) is 6.33 Å². The number of hydrogen-bond acceptors (Lipinski definition) is 5. The molecule has 0 saturated heterocycles. The summed E-state index contributed by atoms with van der Waals surface area (Å²) in [7, 11) is 5.88. The maximum Gasteiger partial charge on any atom is 0.133 e. The number of likely N-dealkylation sites (N-methyl/N-ethyl adjacent to an activating group) is 1. The van der Waals surface area contributed by atoms with Crippen molar-refractivity contribution < 1.29 is 0 Å². The molecule has 1 aromatic rings. The van der Waals surface area contributed by atoms with Crippen molar-refractivity contribution in [3.8, 4) is 0 Å². The van der Waals surface area contributed by atoms with E-state index in [1.807, 2.05) is 32.1 Å². The highest BCUT2D eigenvalue weighted by atomic mass is 15.2. The molecule has 0 aliphatic rings. The standard InChI is InChI=1S/C11H21N5/c1-11(2,12-3)7-13-9-6-10(16(4)5)15-8-14-9/h6,8,12H,7H2,1-5H3,(H,13,14,15). The van der Waals surface area contributed by atoms with Gasteiger partial charge < -0.3 is 15.5 Å². The van der Waals surface area contributed by atoms with Crippen molar-refractivity contribution in [2.24, 2.45) is 0 Å². The van der Waals surface area contributed by atoms with Gasteiger partial charge in [-0.15, -0.1) is 0 Å². The number of anilines is 2. The van der Waals surface area contributed by atoms with Gasteiger partial charge in [0.05, 0.1) is 0 Å². The summed E-state index contributed by atoms with van der Waals surface area (Å²) in [5.74, 6) is 1.75. The average molecular weight is 223 g/mol. The molecule has 0 radical (unpaired) electrons. The van der Waals surface area contributed by atoms with Crippen LogP contribution in [0.3, 0.4) is 0 Å². The van der Waals surface area contributed by atoms with Crippen LogP contribution in [0.4, 0.5) is 11.6 Å². The normalized spacial score (nSPS) is 11.3. The van der Waals surface area contributed by atoms with Gasteiger partial charge in [0.2, 0.25) is 0 Å². The third kappa shape index (κ3) is 3.66. The molecule has 0 bridgehead atoms. The van der Waals surface area contributed by atoms with E-state index in [2.05, 4.69) is 34.4 Å². The first-order valence-electron chi connectivity index (χ1n) is 5.37. The van der Waals surface area contributed by atoms with E-state index in [4.69, 9.17) is 0 Å². The molecule has 0 fully saturated rings. The monoisotopic (exact) mass is 223 g/mol. The summed E-state index contributed by atoms with van der Waals surface area (Å²) in [6.45, 7) is 5.08. The number of nitrogens with zero attached hydrogens (tertiary/aromatic N) is 3. The Labute approximate surface area is 97.3 Å². The van der Waals surface area contributed by atoms with E-state index in [0.717, 1.165) is 18.2 Å². The summed E-state index contributed by atoms with van der Waals surface area (Å²) in [6.07, 6.45) is 1.57. The second kappa shape index (κ2) is 5.12. The maximum atomic E-state index is 4.18. The van der Waals surface area contributed by atoms with Crippen molar-refractivity contribution in [2.45, 2.75) is 19.4 Å². The van der Waals surface area contributed by atoms with Crippen LogP contribution in [0.2, 0.25) is 0 Å². The summed E-state index contributed by atoms with van der Waals surface area (Å²) < 4.78 is 0. The lowest BCUT2D eigenvalue weighted by Crippen LogP contribution is -2.42. The van der Waals surface area contributed by atoms with Gasteiger partial charge in [0.15, 0.2) is 0 Å². The highest BCUT2D eigenvalue weighted by molar-refractivity contribution is 5.47. The molecule has 0 atom stereocenters. The van der Waals surface area contributed by atoms with Gasteiger partial charge in [-0.25, -0.2) is 9.97 Å². The minimum atomic E-state index is 0.0449. The molecule has 5 nitrogen and oxygen atoms in total. The fourth-order valence-corrected chi connectivity index (χ4v) is 1.09. The number of aromatic nitrogens is 2. The largest absolute Gasteiger partial charge is 0.368 e. The van der Waals surface area contributed by atoms with Crippen LogP contribution < -0.4 is 15.5 Å². The van der Waals surface area contributed by atoms with E-state index in [1.165, 1.54) is 0 Å². The Hall–Kier alpha value is -1.36. The Balaban J connectivity index is 2.64. The molecular formula is C11H21N5. The molecule has 0 amide bonds. The van der Waals surface area contributed by atoms with Gasteiger partial charge in [-0.05, 0) is 20.9 Å². The van der Waals surface area contributed by atoms with Crippen molar-refractivity contribution >= 4 is 11.6 Å². The molecule has 0 aliphatic carbocycles. The molecular weight excluding hydrogens is 202 g/mol. The lowest BCUT2D eigenvalue weighted by molar-refractivity contribution is 0.447. The summed E-state index contributed by atoms with van der Waals surface area (Å²) >= 11 is 0. The summed E-state index contributed by atoms with van der Waals surface area (Å²) in [5.41, 5.74) is 0.0449. The van der Waals surface area contributed by atoms with Crippen molar-refractivity contribution in [2.75, 3.05) is 37.9 Å². The summed E-state index contributed by atoms with van der Waals surface area (Å²) in [4.78, 5) is 10.3. The molecule has 0 saturated carbocycles. The van der Waals surface area contributed by atoms with Crippen LogP contribution in [-0.4, -0.2) is 43.2 Å². The Bertz CT molecular complexity index is 335. The quantitative estimate of drug-likeness (QED) is 0.778. The average Bonchev–Trinajstić information content (AvgIpc) is 2.27. The predicted octanol–water partition coefficient (Wildman–Crippen LogP) is 0.952. The van der Waals surface area contributed by atoms with E-state index in [-0.39, 0.29) is 5.54 Å².